The Bertz CT molecular complexity index is 758. The highest BCUT2D eigenvalue weighted by molar-refractivity contribution is 5.98. The van der Waals surface area contributed by atoms with Crippen LogP contribution >= 0.6 is 0 Å². The Balaban J connectivity index is 1.67. The van der Waals surface area contributed by atoms with Gasteiger partial charge in [0.25, 0.3) is 5.69 Å². The van der Waals surface area contributed by atoms with Crippen molar-refractivity contribution in [3.8, 4) is 5.75 Å². The second-order valence-corrected chi connectivity index (χ2v) is 5.85. The van der Waals surface area contributed by atoms with E-state index < -0.39 is 4.92 Å². The van der Waals surface area contributed by atoms with E-state index in [2.05, 4.69) is 4.57 Å². The van der Waals surface area contributed by atoms with Crippen LogP contribution in [0.15, 0.2) is 30.3 Å². The summed E-state index contributed by atoms with van der Waals surface area (Å²) in [6.07, 6.45) is 2.34. The first-order valence-electron chi connectivity index (χ1n) is 7.56. The van der Waals surface area contributed by atoms with Crippen molar-refractivity contribution >= 4 is 11.5 Å². The van der Waals surface area contributed by atoms with Gasteiger partial charge in [-0.2, -0.15) is 0 Å². The first kappa shape index (κ1) is 15.3. The van der Waals surface area contributed by atoms with Crippen LogP contribution in [0.5, 0.6) is 5.75 Å². The molecule has 6 heteroatoms. The minimum absolute atomic E-state index is 0.00310. The molecular weight excluding hydrogens is 296 g/mol. The van der Waals surface area contributed by atoms with Gasteiger partial charge in [0.15, 0.2) is 6.61 Å². The highest BCUT2D eigenvalue weighted by Gasteiger charge is 2.28. The van der Waals surface area contributed by atoms with Crippen molar-refractivity contribution < 1.29 is 14.5 Å². The van der Waals surface area contributed by atoms with E-state index >= 15 is 0 Å². The number of hydrogen-bond acceptors (Lipinski definition) is 4. The fraction of sp³-hybridized carbons (Fsp3) is 0.353. The van der Waals surface area contributed by atoms with Crippen LogP contribution in [0.1, 0.15) is 40.6 Å². The molecule has 0 bridgehead atoms. The van der Waals surface area contributed by atoms with Gasteiger partial charge in [0.2, 0.25) is 5.78 Å². The van der Waals surface area contributed by atoms with Crippen molar-refractivity contribution in [3.05, 3.63) is 57.4 Å². The summed E-state index contributed by atoms with van der Waals surface area (Å²) in [6, 6.07) is 8.16. The Hall–Kier alpha value is -2.63. The quantitative estimate of drug-likeness (QED) is 0.464. The minimum atomic E-state index is -0.471. The van der Waals surface area contributed by atoms with Gasteiger partial charge in [-0.25, -0.2) is 0 Å². The van der Waals surface area contributed by atoms with E-state index in [4.69, 9.17) is 4.74 Å². The molecule has 0 spiro atoms. The van der Waals surface area contributed by atoms with E-state index in [0.717, 1.165) is 11.4 Å². The number of nitro benzene ring substituents is 1. The van der Waals surface area contributed by atoms with E-state index in [9.17, 15) is 14.9 Å². The summed E-state index contributed by atoms with van der Waals surface area (Å²) < 4.78 is 7.68. The number of aryl methyl sites for hydroxylation is 1. The maximum absolute atomic E-state index is 12.4. The first-order valence-corrected chi connectivity index (χ1v) is 7.56. The summed E-state index contributed by atoms with van der Waals surface area (Å²) >= 11 is 0. The van der Waals surface area contributed by atoms with Crippen LogP contribution in [0.4, 0.5) is 5.69 Å². The predicted molar refractivity (Wildman–Crippen MR) is 85.1 cm³/mol. The molecule has 6 nitrogen and oxygen atoms in total. The summed E-state index contributed by atoms with van der Waals surface area (Å²) in [5.74, 6) is 0.364. The molecule has 1 fully saturated rings. The average molecular weight is 314 g/mol. The Kier molecular flexibility index (Phi) is 3.90. The number of aromatic nitrogens is 1. The second-order valence-electron chi connectivity index (χ2n) is 5.85. The molecule has 1 aliphatic rings. The molecule has 1 aromatic heterocycles. The lowest BCUT2D eigenvalue weighted by Crippen LogP contribution is -2.12. The van der Waals surface area contributed by atoms with Gasteiger partial charge >= 0.3 is 0 Å². The zero-order valence-electron chi connectivity index (χ0n) is 13.1. The number of carbonyl (C=O) groups is 1. The third kappa shape index (κ3) is 3.11. The predicted octanol–water partition coefficient (Wildman–Crippen LogP) is 3.61. The molecular formula is C17H18N2O4. The van der Waals surface area contributed by atoms with Gasteiger partial charge < -0.3 is 9.30 Å². The first-order chi connectivity index (χ1) is 11.0. The molecule has 0 amide bonds. The Labute approximate surface area is 133 Å². The van der Waals surface area contributed by atoms with Gasteiger partial charge in [0.1, 0.15) is 5.75 Å². The lowest BCUT2D eigenvalue weighted by molar-refractivity contribution is -0.384. The molecule has 1 saturated carbocycles. The number of Topliss-reactive ketones (excluding diaryl/α,β-unsaturated/α-hetero) is 1. The molecule has 3 rings (SSSR count). The van der Waals surface area contributed by atoms with Crippen molar-refractivity contribution in [2.75, 3.05) is 6.61 Å². The van der Waals surface area contributed by atoms with Gasteiger partial charge in [0, 0.05) is 35.1 Å². The minimum Gasteiger partial charge on any atom is -0.485 e. The van der Waals surface area contributed by atoms with Gasteiger partial charge in [-0.05, 0) is 44.9 Å². The van der Waals surface area contributed by atoms with Crippen LogP contribution in [0.3, 0.4) is 0 Å². The zero-order chi connectivity index (χ0) is 16.6. The monoisotopic (exact) mass is 314 g/mol. The highest BCUT2D eigenvalue weighted by Crippen LogP contribution is 2.38. The maximum atomic E-state index is 12.4. The number of ketones is 1. The summed E-state index contributed by atoms with van der Waals surface area (Å²) in [4.78, 5) is 22.5. The Morgan fingerprint density at radius 2 is 1.96 bits per heavy atom. The fourth-order valence-electron chi connectivity index (χ4n) is 2.84. The van der Waals surface area contributed by atoms with Crippen LogP contribution in [0.2, 0.25) is 0 Å². The summed E-state index contributed by atoms with van der Waals surface area (Å²) in [7, 11) is 0. The molecule has 120 valence electrons. The number of nitrogens with zero attached hydrogens (tertiary/aromatic N) is 2. The van der Waals surface area contributed by atoms with Gasteiger partial charge in [-0.1, -0.05) is 0 Å². The zero-order valence-corrected chi connectivity index (χ0v) is 13.1. The third-order valence-electron chi connectivity index (χ3n) is 4.11. The number of hydrogen-bond donors (Lipinski definition) is 0. The van der Waals surface area contributed by atoms with Crippen LogP contribution in [-0.4, -0.2) is 21.9 Å². The lowest BCUT2D eigenvalue weighted by Gasteiger charge is -2.08. The maximum Gasteiger partial charge on any atom is 0.269 e. The molecule has 1 aromatic carbocycles. The number of nitro groups is 1. The SMILES string of the molecule is Cc1cc(C(=O)COc2ccc([N+](=O)[O-])cc2)c(C)n1C1CC1. The number of benzene rings is 1. The normalized spacial score (nSPS) is 13.8. The van der Waals surface area contributed by atoms with Crippen LogP contribution < -0.4 is 4.74 Å². The van der Waals surface area contributed by atoms with Crippen molar-refractivity contribution in [1.29, 1.82) is 0 Å². The van der Waals surface area contributed by atoms with Crippen LogP contribution in [0, 0.1) is 24.0 Å². The van der Waals surface area contributed by atoms with E-state index in [-0.39, 0.29) is 18.1 Å². The molecule has 0 saturated heterocycles. The third-order valence-corrected chi connectivity index (χ3v) is 4.11. The van der Waals surface area contributed by atoms with Crippen molar-refractivity contribution in [2.24, 2.45) is 0 Å². The smallest absolute Gasteiger partial charge is 0.269 e. The van der Waals surface area contributed by atoms with Crippen molar-refractivity contribution in [3.63, 3.8) is 0 Å². The van der Waals surface area contributed by atoms with E-state index in [1.54, 1.807) is 0 Å². The fourth-order valence-corrected chi connectivity index (χ4v) is 2.84. The summed E-state index contributed by atoms with van der Waals surface area (Å²) in [6.45, 7) is 3.90. The standard InChI is InChI=1S/C17H18N2O4/c1-11-9-16(12(2)18(11)13-3-4-13)17(20)10-23-15-7-5-14(6-8-15)19(21)22/h5-9,13H,3-4,10H2,1-2H3. The van der Waals surface area contributed by atoms with Crippen molar-refractivity contribution in [1.82, 2.24) is 4.57 Å². The van der Waals surface area contributed by atoms with Crippen LogP contribution in [0.25, 0.3) is 0 Å². The molecule has 1 heterocycles. The second kappa shape index (κ2) is 5.87. The number of carbonyl (C=O) groups excluding carboxylic acids is 1. The average Bonchev–Trinajstić information content (AvgIpc) is 3.31. The van der Waals surface area contributed by atoms with E-state index in [0.29, 0.717) is 17.4 Å². The summed E-state index contributed by atoms with van der Waals surface area (Å²) in [5.41, 5.74) is 2.78. The largest absolute Gasteiger partial charge is 0.485 e. The molecule has 23 heavy (non-hydrogen) atoms. The van der Waals surface area contributed by atoms with Gasteiger partial charge in [0.05, 0.1) is 4.92 Å². The summed E-state index contributed by atoms with van der Waals surface area (Å²) in [5, 5.41) is 10.6. The highest BCUT2D eigenvalue weighted by atomic mass is 16.6. The molecule has 0 unspecified atom stereocenters. The Morgan fingerprint density at radius 3 is 2.52 bits per heavy atom. The topological polar surface area (TPSA) is 74.4 Å². The molecule has 0 radical (unpaired) electrons. The molecule has 0 aliphatic heterocycles. The molecule has 0 atom stereocenters. The number of rotatable bonds is 6. The molecule has 2 aromatic rings. The van der Waals surface area contributed by atoms with Crippen molar-refractivity contribution in [2.45, 2.75) is 32.7 Å². The Morgan fingerprint density at radius 1 is 1.30 bits per heavy atom. The number of ether oxygens (including phenoxy) is 1. The number of non-ortho nitro benzene ring substituents is 1. The molecule has 1 aliphatic carbocycles. The van der Waals surface area contributed by atoms with Crippen LogP contribution in [-0.2, 0) is 0 Å². The van der Waals surface area contributed by atoms with E-state index in [1.165, 1.54) is 37.1 Å². The molecule has 0 N–H and O–H groups in total. The van der Waals surface area contributed by atoms with Gasteiger partial charge in [-0.15, -0.1) is 0 Å². The lowest BCUT2D eigenvalue weighted by atomic mass is 10.1. The van der Waals surface area contributed by atoms with Gasteiger partial charge in [-0.3, -0.25) is 14.9 Å². The van der Waals surface area contributed by atoms with E-state index in [1.807, 2.05) is 19.9 Å².